The van der Waals surface area contributed by atoms with E-state index in [9.17, 15) is 26.7 Å². The summed E-state index contributed by atoms with van der Waals surface area (Å²) in [6.07, 6.45) is -4.22. The molecule has 0 saturated heterocycles. The van der Waals surface area contributed by atoms with Crippen molar-refractivity contribution < 1.29 is 26.7 Å². The number of halogens is 5. The SMILES string of the molecule is CN(C)C(CNC(=O)c1cnn(-c2ccccc2F)c1C(F)(F)F)c1cccc(F)c1. The Morgan fingerprint density at radius 2 is 1.84 bits per heavy atom. The van der Waals surface area contributed by atoms with Crippen molar-refractivity contribution >= 4 is 5.91 Å². The molecule has 0 aliphatic heterocycles. The summed E-state index contributed by atoms with van der Waals surface area (Å²) in [6.45, 7) is -0.0859. The molecule has 1 N–H and O–H groups in total. The molecular weight excluding hydrogens is 419 g/mol. The summed E-state index contributed by atoms with van der Waals surface area (Å²) < 4.78 is 69.2. The van der Waals surface area contributed by atoms with Gasteiger partial charge in [-0.2, -0.15) is 18.3 Å². The zero-order chi connectivity index (χ0) is 22.8. The number of carbonyl (C=O) groups is 1. The monoisotopic (exact) mass is 438 g/mol. The number of benzene rings is 2. The first-order valence-electron chi connectivity index (χ1n) is 9.19. The second kappa shape index (κ2) is 8.84. The van der Waals surface area contributed by atoms with Crippen LogP contribution in [0.1, 0.15) is 27.7 Å². The molecule has 1 aromatic heterocycles. The Morgan fingerprint density at radius 1 is 1.13 bits per heavy atom. The molecule has 0 bridgehead atoms. The van der Waals surface area contributed by atoms with Crippen molar-refractivity contribution in [1.82, 2.24) is 20.0 Å². The molecule has 3 rings (SSSR count). The molecule has 0 fully saturated rings. The van der Waals surface area contributed by atoms with E-state index in [1.807, 2.05) is 0 Å². The van der Waals surface area contributed by atoms with Gasteiger partial charge in [0.05, 0.1) is 17.8 Å². The van der Waals surface area contributed by atoms with E-state index in [0.29, 0.717) is 10.2 Å². The summed E-state index contributed by atoms with van der Waals surface area (Å²) in [4.78, 5) is 14.3. The number of likely N-dealkylation sites (N-methyl/N-ethyl adjacent to an activating group) is 1. The van der Waals surface area contributed by atoms with Crippen molar-refractivity contribution in [3.63, 3.8) is 0 Å². The number of nitrogens with zero attached hydrogens (tertiary/aromatic N) is 3. The second-order valence-electron chi connectivity index (χ2n) is 7.01. The lowest BCUT2D eigenvalue weighted by Gasteiger charge is -2.25. The van der Waals surface area contributed by atoms with Gasteiger partial charge in [0.25, 0.3) is 5.91 Å². The fraction of sp³-hybridized carbons (Fsp3) is 0.238. The third-order valence-electron chi connectivity index (χ3n) is 4.68. The van der Waals surface area contributed by atoms with E-state index in [-0.39, 0.29) is 6.54 Å². The molecule has 164 valence electrons. The quantitative estimate of drug-likeness (QED) is 0.587. The Bertz CT molecular complexity index is 1080. The van der Waals surface area contributed by atoms with E-state index >= 15 is 0 Å². The van der Waals surface area contributed by atoms with Crippen LogP contribution in [0, 0.1) is 11.6 Å². The van der Waals surface area contributed by atoms with Gasteiger partial charge in [0, 0.05) is 6.54 Å². The number of alkyl halides is 3. The predicted octanol–water partition coefficient (Wildman–Crippen LogP) is 4.20. The van der Waals surface area contributed by atoms with Crippen molar-refractivity contribution in [2.24, 2.45) is 0 Å². The standard InChI is InChI=1S/C21H19F5N4O/c1-29(2)18(13-6-5-7-14(22)10-13)12-27-20(31)15-11-28-30(19(15)21(24,25)26)17-9-4-3-8-16(17)23/h3-11,18H,12H2,1-2H3,(H,27,31). The maximum absolute atomic E-state index is 14.1. The van der Waals surface area contributed by atoms with Gasteiger partial charge in [-0.25, -0.2) is 13.5 Å². The molecule has 5 nitrogen and oxygen atoms in total. The van der Waals surface area contributed by atoms with Crippen molar-refractivity contribution in [2.45, 2.75) is 12.2 Å². The lowest BCUT2D eigenvalue weighted by molar-refractivity contribution is -0.143. The van der Waals surface area contributed by atoms with E-state index < -0.39 is 46.7 Å². The summed E-state index contributed by atoms with van der Waals surface area (Å²) in [5.74, 6) is -2.42. The minimum atomic E-state index is -4.96. The first-order chi connectivity index (χ1) is 14.6. The van der Waals surface area contributed by atoms with E-state index in [0.717, 1.165) is 18.3 Å². The maximum Gasteiger partial charge on any atom is 0.434 e. The summed E-state index contributed by atoms with van der Waals surface area (Å²) in [5, 5.41) is 6.04. The molecule has 3 aromatic rings. The lowest BCUT2D eigenvalue weighted by atomic mass is 10.1. The van der Waals surface area contributed by atoms with Crippen LogP contribution in [0.5, 0.6) is 0 Å². The van der Waals surface area contributed by atoms with Crippen LogP contribution in [0.2, 0.25) is 0 Å². The number of hydrogen-bond acceptors (Lipinski definition) is 3. The minimum Gasteiger partial charge on any atom is -0.350 e. The summed E-state index contributed by atoms with van der Waals surface area (Å²) in [7, 11) is 3.39. The Kier molecular flexibility index (Phi) is 6.40. The van der Waals surface area contributed by atoms with Gasteiger partial charge in [-0.05, 0) is 43.9 Å². The number of amides is 1. The number of para-hydroxylation sites is 1. The maximum atomic E-state index is 14.1. The summed E-state index contributed by atoms with van der Waals surface area (Å²) in [5.41, 5.74) is -2.02. The summed E-state index contributed by atoms with van der Waals surface area (Å²) in [6, 6.07) is 10.0. The lowest BCUT2D eigenvalue weighted by Crippen LogP contribution is -2.35. The van der Waals surface area contributed by atoms with Gasteiger partial charge >= 0.3 is 6.18 Å². The van der Waals surface area contributed by atoms with Crippen LogP contribution in [0.25, 0.3) is 5.69 Å². The molecule has 10 heteroatoms. The Morgan fingerprint density at radius 3 is 2.45 bits per heavy atom. The topological polar surface area (TPSA) is 50.2 Å². The van der Waals surface area contributed by atoms with Gasteiger partial charge in [-0.1, -0.05) is 24.3 Å². The average molecular weight is 438 g/mol. The van der Waals surface area contributed by atoms with Crippen molar-refractivity contribution in [3.8, 4) is 5.69 Å². The van der Waals surface area contributed by atoms with Crippen LogP contribution in [-0.4, -0.2) is 41.2 Å². The molecule has 2 aromatic carbocycles. The number of nitrogens with one attached hydrogen (secondary N) is 1. The van der Waals surface area contributed by atoms with Crippen LogP contribution in [-0.2, 0) is 6.18 Å². The highest BCUT2D eigenvalue weighted by atomic mass is 19.4. The molecule has 1 amide bonds. The molecule has 0 aliphatic carbocycles. The van der Waals surface area contributed by atoms with Crippen molar-refractivity contribution in [2.75, 3.05) is 20.6 Å². The molecule has 0 aliphatic rings. The third kappa shape index (κ3) is 4.91. The van der Waals surface area contributed by atoms with Crippen molar-refractivity contribution in [3.05, 3.63) is 83.2 Å². The molecular formula is C21H19F5N4O. The molecule has 1 heterocycles. The highest BCUT2D eigenvalue weighted by molar-refractivity contribution is 5.95. The first-order valence-corrected chi connectivity index (χ1v) is 9.19. The Labute approximate surface area is 175 Å². The van der Waals surface area contributed by atoms with Gasteiger partial charge in [-0.3, -0.25) is 4.79 Å². The predicted molar refractivity (Wildman–Crippen MR) is 104 cm³/mol. The van der Waals surface area contributed by atoms with Gasteiger partial charge in [0.15, 0.2) is 5.69 Å². The third-order valence-corrected chi connectivity index (χ3v) is 4.68. The highest BCUT2D eigenvalue weighted by Gasteiger charge is 2.41. The molecule has 0 radical (unpaired) electrons. The van der Waals surface area contributed by atoms with Crippen LogP contribution >= 0.6 is 0 Å². The molecule has 1 atom stereocenters. The zero-order valence-corrected chi connectivity index (χ0v) is 16.6. The minimum absolute atomic E-state index is 0.0859. The summed E-state index contributed by atoms with van der Waals surface area (Å²) >= 11 is 0. The van der Waals surface area contributed by atoms with E-state index in [1.54, 1.807) is 25.1 Å². The fourth-order valence-electron chi connectivity index (χ4n) is 3.19. The van der Waals surface area contributed by atoms with Crippen molar-refractivity contribution in [1.29, 1.82) is 0 Å². The normalized spacial score (nSPS) is 12.8. The Hall–Kier alpha value is -3.27. The molecule has 1 unspecified atom stereocenters. The molecule has 31 heavy (non-hydrogen) atoms. The highest BCUT2D eigenvalue weighted by Crippen LogP contribution is 2.34. The Balaban J connectivity index is 1.90. The zero-order valence-electron chi connectivity index (χ0n) is 16.6. The van der Waals surface area contributed by atoms with E-state index in [4.69, 9.17) is 0 Å². The number of hydrogen-bond donors (Lipinski definition) is 1. The second-order valence-corrected chi connectivity index (χ2v) is 7.01. The van der Waals surface area contributed by atoms with E-state index in [2.05, 4.69) is 10.4 Å². The van der Waals surface area contributed by atoms with Gasteiger partial charge < -0.3 is 10.2 Å². The van der Waals surface area contributed by atoms with Gasteiger partial charge in [0.1, 0.15) is 17.3 Å². The van der Waals surface area contributed by atoms with Crippen LogP contribution in [0.4, 0.5) is 22.0 Å². The van der Waals surface area contributed by atoms with Crippen LogP contribution < -0.4 is 5.32 Å². The van der Waals surface area contributed by atoms with E-state index in [1.165, 1.54) is 30.3 Å². The molecule has 0 saturated carbocycles. The number of aromatic nitrogens is 2. The first kappa shape index (κ1) is 22.4. The largest absolute Gasteiger partial charge is 0.434 e. The van der Waals surface area contributed by atoms with Crippen LogP contribution in [0.3, 0.4) is 0 Å². The van der Waals surface area contributed by atoms with Gasteiger partial charge in [0.2, 0.25) is 0 Å². The van der Waals surface area contributed by atoms with Gasteiger partial charge in [-0.15, -0.1) is 0 Å². The molecule has 0 spiro atoms. The number of rotatable bonds is 6. The number of carbonyl (C=O) groups excluding carboxylic acids is 1. The van der Waals surface area contributed by atoms with Crippen LogP contribution in [0.15, 0.2) is 54.7 Å². The average Bonchev–Trinajstić information content (AvgIpc) is 3.14. The smallest absolute Gasteiger partial charge is 0.350 e. The fourth-order valence-corrected chi connectivity index (χ4v) is 3.19.